The number of unbranched alkanes of at least 4 members (excludes halogenated alkanes) is 25. The standard InChI is InChI=1S/C28H58O.C21H32O2/c1-2-3-4-5-6-7-8-9-10-11-12-13-14-15-16-17-18-19-20-21-22-23-24-25-26-27-28-29;1-13(22)17-6-7-18-16-5-4-14-12-15(23)8-10-20(14,2)19(16)9-11-21(17,18)3/h29H,2-28H2,1H3;4,15-19,23H,5-12H2,1-3H3/t;15?,16-,17+,18-,19-,20-,21+/m.0/s1. The van der Waals surface area contributed by atoms with Gasteiger partial charge in [-0.3, -0.25) is 4.79 Å². The van der Waals surface area contributed by atoms with E-state index in [0.717, 1.165) is 49.9 Å². The Labute approximate surface area is 324 Å². The number of hydrogen-bond acceptors (Lipinski definition) is 3. The van der Waals surface area contributed by atoms with Gasteiger partial charge in [-0.2, -0.15) is 0 Å². The van der Waals surface area contributed by atoms with Gasteiger partial charge in [-0.25, -0.2) is 0 Å². The average molecular weight is 727 g/mol. The maximum atomic E-state index is 12.2. The van der Waals surface area contributed by atoms with E-state index in [9.17, 15) is 9.90 Å². The third kappa shape index (κ3) is 15.1. The number of carbonyl (C=O) groups is 1. The van der Waals surface area contributed by atoms with Gasteiger partial charge >= 0.3 is 0 Å². The van der Waals surface area contributed by atoms with E-state index in [1.807, 2.05) is 6.92 Å². The van der Waals surface area contributed by atoms with Crippen molar-refractivity contribution in [1.82, 2.24) is 0 Å². The molecule has 2 N–H and O–H groups in total. The van der Waals surface area contributed by atoms with Crippen molar-refractivity contribution in [3.63, 3.8) is 0 Å². The van der Waals surface area contributed by atoms with Gasteiger partial charge < -0.3 is 10.2 Å². The lowest BCUT2D eigenvalue weighted by Gasteiger charge is -2.57. The zero-order valence-corrected chi connectivity index (χ0v) is 35.5. The number of ketones is 1. The molecule has 0 saturated heterocycles. The monoisotopic (exact) mass is 727 g/mol. The Kier molecular flexibility index (Phi) is 23.1. The van der Waals surface area contributed by atoms with Crippen molar-refractivity contribution >= 4 is 5.78 Å². The minimum absolute atomic E-state index is 0.117. The Balaban J connectivity index is 0.000000285. The van der Waals surface area contributed by atoms with Crippen LogP contribution in [0.25, 0.3) is 0 Å². The van der Waals surface area contributed by atoms with E-state index in [-0.39, 0.29) is 11.5 Å². The highest BCUT2D eigenvalue weighted by atomic mass is 16.3. The molecular formula is C49H90O3. The number of fused-ring (bicyclic) bond motifs is 5. The van der Waals surface area contributed by atoms with Crippen LogP contribution in [0.15, 0.2) is 11.6 Å². The zero-order chi connectivity index (χ0) is 37.5. The fourth-order valence-corrected chi connectivity index (χ4v) is 11.7. The Hall–Kier alpha value is -0.670. The lowest BCUT2D eigenvalue weighted by Crippen LogP contribution is -2.50. The number of rotatable bonds is 27. The molecule has 304 valence electrons. The molecule has 0 aromatic rings. The molecule has 0 bridgehead atoms. The van der Waals surface area contributed by atoms with Gasteiger partial charge in [0, 0.05) is 12.5 Å². The molecule has 52 heavy (non-hydrogen) atoms. The summed E-state index contributed by atoms with van der Waals surface area (Å²) >= 11 is 0. The molecule has 3 nitrogen and oxygen atoms in total. The molecule has 0 spiro atoms. The molecule has 0 radical (unpaired) electrons. The first-order valence-electron chi connectivity index (χ1n) is 23.8. The molecule has 1 unspecified atom stereocenters. The lowest BCUT2D eigenvalue weighted by molar-refractivity contribution is -0.127. The Morgan fingerprint density at radius 2 is 1.06 bits per heavy atom. The maximum Gasteiger partial charge on any atom is 0.133 e. The Bertz CT molecular complexity index is 930. The topological polar surface area (TPSA) is 57.5 Å². The third-order valence-corrected chi connectivity index (χ3v) is 15.1. The normalized spacial score (nSPS) is 29.4. The summed E-state index contributed by atoms with van der Waals surface area (Å²) in [5.74, 6) is 3.00. The number of carbonyl (C=O) groups excluding carboxylic acids is 1. The summed E-state index contributed by atoms with van der Waals surface area (Å²) < 4.78 is 0. The van der Waals surface area contributed by atoms with Gasteiger partial charge in [0.2, 0.25) is 0 Å². The van der Waals surface area contributed by atoms with Crippen LogP contribution in [0, 0.1) is 34.5 Å². The average Bonchev–Trinajstić information content (AvgIpc) is 3.50. The molecule has 3 fully saturated rings. The van der Waals surface area contributed by atoms with Crippen molar-refractivity contribution in [3.05, 3.63) is 11.6 Å². The number of hydrogen-bond donors (Lipinski definition) is 2. The van der Waals surface area contributed by atoms with Gasteiger partial charge in [-0.1, -0.05) is 193 Å². The van der Waals surface area contributed by atoms with Gasteiger partial charge in [0.1, 0.15) is 5.78 Å². The molecule has 3 heteroatoms. The molecule has 7 atom stereocenters. The van der Waals surface area contributed by atoms with Crippen LogP contribution in [0.2, 0.25) is 0 Å². The van der Waals surface area contributed by atoms with E-state index in [0.29, 0.717) is 23.7 Å². The third-order valence-electron chi connectivity index (χ3n) is 15.1. The summed E-state index contributed by atoms with van der Waals surface area (Å²) in [7, 11) is 0. The number of Topliss-reactive ketones (excluding diaryl/α,β-unsaturated/α-hetero) is 1. The summed E-state index contributed by atoms with van der Waals surface area (Å²) in [4.78, 5) is 12.2. The Morgan fingerprint density at radius 3 is 1.48 bits per heavy atom. The van der Waals surface area contributed by atoms with Crippen LogP contribution in [-0.2, 0) is 4.79 Å². The lowest BCUT2D eigenvalue weighted by atomic mass is 9.47. The van der Waals surface area contributed by atoms with Gasteiger partial charge in [0.05, 0.1) is 6.10 Å². The van der Waals surface area contributed by atoms with Gasteiger partial charge in [0.25, 0.3) is 0 Å². The predicted octanol–water partition coefficient (Wildman–Crippen LogP) is 14.7. The second kappa shape index (κ2) is 26.2. The molecule has 4 rings (SSSR count). The highest BCUT2D eigenvalue weighted by Gasteiger charge is 2.59. The largest absolute Gasteiger partial charge is 0.396 e. The molecule has 0 aromatic carbocycles. The summed E-state index contributed by atoms with van der Waals surface area (Å²) in [6, 6.07) is 0. The van der Waals surface area contributed by atoms with Crippen LogP contribution in [0.1, 0.15) is 246 Å². The van der Waals surface area contributed by atoms with Gasteiger partial charge in [0.15, 0.2) is 0 Å². The van der Waals surface area contributed by atoms with E-state index < -0.39 is 0 Å². The molecule has 0 aromatic heterocycles. The van der Waals surface area contributed by atoms with Crippen molar-refractivity contribution in [2.75, 3.05) is 6.61 Å². The van der Waals surface area contributed by atoms with Crippen LogP contribution in [0.4, 0.5) is 0 Å². The number of aliphatic hydroxyl groups is 2. The predicted molar refractivity (Wildman–Crippen MR) is 225 cm³/mol. The van der Waals surface area contributed by atoms with E-state index in [1.54, 1.807) is 5.57 Å². The van der Waals surface area contributed by atoms with Crippen LogP contribution < -0.4 is 0 Å². The molecule has 0 amide bonds. The number of allylic oxidation sites excluding steroid dienone is 1. The van der Waals surface area contributed by atoms with Crippen LogP contribution >= 0.6 is 0 Å². The van der Waals surface area contributed by atoms with Crippen molar-refractivity contribution in [2.45, 2.75) is 252 Å². The van der Waals surface area contributed by atoms with E-state index in [1.165, 1.54) is 186 Å². The minimum atomic E-state index is -0.117. The molecule has 0 heterocycles. The van der Waals surface area contributed by atoms with Crippen molar-refractivity contribution in [2.24, 2.45) is 34.5 Å². The molecule has 4 aliphatic carbocycles. The first-order valence-corrected chi connectivity index (χ1v) is 23.8. The second-order valence-electron chi connectivity index (χ2n) is 19.0. The first-order chi connectivity index (χ1) is 25.3. The summed E-state index contributed by atoms with van der Waals surface area (Å²) in [6.07, 6.45) is 48.5. The van der Waals surface area contributed by atoms with Crippen LogP contribution in [0.5, 0.6) is 0 Å². The van der Waals surface area contributed by atoms with E-state index in [4.69, 9.17) is 5.11 Å². The maximum absolute atomic E-state index is 12.2. The van der Waals surface area contributed by atoms with Crippen molar-refractivity contribution in [1.29, 1.82) is 0 Å². The smallest absolute Gasteiger partial charge is 0.133 e. The molecular weight excluding hydrogens is 637 g/mol. The second-order valence-corrected chi connectivity index (χ2v) is 19.0. The molecule has 3 saturated carbocycles. The highest BCUT2D eigenvalue weighted by Crippen LogP contribution is 2.66. The fourth-order valence-electron chi connectivity index (χ4n) is 11.7. The number of aliphatic hydroxyl groups excluding tert-OH is 2. The molecule has 4 aliphatic rings. The van der Waals surface area contributed by atoms with Crippen LogP contribution in [0.3, 0.4) is 0 Å². The minimum Gasteiger partial charge on any atom is -0.396 e. The van der Waals surface area contributed by atoms with Crippen LogP contribution in [-0.4, -0.2) is 28.7 Å². The van der Waals surface area contributed by atoms with E-state index in [2.05, 4.69) is 26.8 Å². The zero-order valence-electron chi connectivity index (χ0n) is 35.5. The first kappa shape index (κ1) is 45.7. The van der Waals surface area contributed by atoms with Gasteiger partial charge in [-0.05, 0) is 93.3 Å². The molecule has 0 aliphatic heterocycles. The van der Waals surface area contributed by atoms with Gasteiger partial charge in [-0.15, -0.1) is 0 Å². The summed E-state index contributed by atoms with van der Waals surface area (Å²) in [5, 5.41) is 18.8. The SMILES string of the molecule is CC(=O)[C@H]1CC[C@H]2[C@@H]3CC=C4CC(O)CC[C@]4(C)[C@H]3CC[C@]12C.CCCCCCCCCCCCCCCCCCCCCCCCCCCCO. The van der Waals surface area contributed by atoms with Crippen molar-refractivity contribution < 1.29 is 15.0 Å². The van der Waals surface area contributed by atoms with Crippen molar-refractivity contribution in [3.8, 4) is 0 Å². The van der Waals surface area contributed by atoms with E-state index >= 15 is 0 Å². The highest BCUT2D eigenvalue weighted by molar-refractivity contribution is 5.79. The Morgan fingerprint density at radius 1 is 0.615 bits per heavy atom. The quantitative estimate of drug-likeness (QED) is 0.0654. The summed E-state index contributed by atoms with van der Waals surface area (Å²) in [5.41, 5.74) is 2.11. The summed E-state index contributed by atoms with van der Waals surface area (Å²) in [6.45, 7) is 9.38. The fraction of sp³-hybridized carbons (Fsp3) is 0.939.